The molecule has 674 valence electrons. The number of carboxylic acids is 4. The van der Waals surface area contributed by atoms with E-state index >= 15 is 0 Å². The van der Waals surface area contributed by atoms with Gasteiger partial charge in [0, 0.05) is 25.7 Å². The predicted octanol–water partition coefficient (Wildman–Crippen LogP) is -4.47. The Bertz CT molecular complexity index is 4050. The Balaban J connectivity index is 1.93. The first kappa shape index (κ1) is 104. The van der Waals surface area contributed by atoms with Crippen molar-refractivity contribution in [2.45, 2.75) is 222 Å². The van der Waals surface area contributed by atoms with Gasteiger partial charge in [-0.15, -0.1) is 0 Å². The molecule has 42 nitrogen and oxygen atoms in total. The van der Waals surface area contributed by atoms with Crippen LogP contribution in [0.2, 0.25) is 0 Å². The number of nitrogens with two attached hydrogens (primary N) is 3. The summed E-state index contributed by atoms with van der Waals surface area (Å²) in [5, 5.41) is 111. The maximum atomic E-state index is 14.6. The van der Waals surface area contributed by atoms with Gasteiger partial charge in [-0.05, 0) is 129 Å². The van der Waals surface area contributed by atoms with Gasteiger partial charge >= 0.3 is 23.9 Å². The van der Waals surface area contributed by atoms with Gasteiger partial charge in [0.15, 0.2) is 0 Å². The van der Waals surface area contributed by atoms with Gasteiger partial charge in [-0.25, -0.2) is 4.79 Å². The molecule has 0 bridgehead atoms. The van der Waals surface area contributed by atoms with Gasteiger partial charge in [0.05, 0.1) is 38.5 Å². The summed E-state index contributed by atoms with van der Waals surface area (Å²) in [4.78, 5) is 245. The molecule has 27 N–H and O–H groups in total. The number of carbonyl (C=O) groups excluding carboxylic acids is 14. The number of carboxylic acid groups (broad SMARTS) is 4. The molecule has 0 spiro atoms. The molecule has 3 rings (SSSR count). The Labute approximate surface area is 707 Å². The lowest BCUT2D eigenvalue weighted by atomic mass is 9.99. The summed E-state index contributed by atoms with van der Waals surface area (Å²) in [6.07, 6.45) is -3.87. The van der Waals surface area contributed by atoms with Crippen molar-refractivity contribution >= 4 is 118 Å². The molecule has 14 atom stereocenters. The van der Waals surface area contributed by atoms with E-state index < -0.39 is 249 Å². The average molecular weight is 1740 g/mol. The monoisotopic (exact) mass is 1740 g/mol. The molecule has 3 aromatic carbocycles. The normalized spacial score (nSPS) is 14.6. The van der Waals surface area contributed by atoms with E-state index in [0.717, 1.165) is 0 Å². The summed E-state index contributed by atoms with van der Waals surface area (Å²) in [5.41, 5.74) is 18.4. The molecule has 0 aliphatic rings. The van der Waals surface area contributed by atoms with Crippen LogP contribution in [0.5, 0.6) is 11.5 Å². The fourth-order valence-corrected chi connectivity index (χ4v) is 12.6. The number of aliphatic hydroxyl groups excluding tert-OH is 2. The topological polar surface area (TPSA) is 704 Å². The molecule has 0 aliphatic carbocycles. The van der Waals surface area contributed by atoms with Crippen molar-refractivity contribution in [1.82, 2.24) is 69.1 Å². The highest BCUT2D eigenvalue weighted by Crippen LogP contribution is 2.18. The third kappa shape index (κ3) is 39.0. The Morgan fingerprint density at radius 3 is 0.992 bits per heavy atom. The van der Waals surface area contributed by atoms with Crippen LogP contribution in [0, 0.1) is 17.8 Å². The Kier molecular flexibility index (Phi) is 45.7. The predicted molar refractivity (Wildman–Crippen MR) is 438 cm³/mol. The van der Waals surface area contributed by atoms with E-state index in [4.69, 9.17) is 17.2 Å². The van der Waals surface area contributed by atoms with E-state index in [1.54, 1.807) is 64.3 Å². The number of thioether (sulfide) groups is 1. The third-order valence-corrected chi connectivity index (χ3v) is 19.1. The number of aliphatic hydroxyl groups is 2. The SMILES string of the molecule is CSCCC(NC(=O)C(CC(C)C)NC(=O)C(Cc1ccc(O)cc1)NC(=O)C(N)CC(C)C)C(=O)NC(CO)C(=O)NC(CC(=O)O)C(=O)NC(CC(=O)O)C(=O)NC(CO)C(=O)NC(CC(N)=O)C(=O)NC(Cc1ccc(O)cc1)C(=O)NC(CCC(=O)O)C(=O)NC(CC(C)C)C(=O)NC(Cc1ccccc1)C(=O)NC(CCCCN)C(=O)O. The molecule has 0 radical (unpaired) electrons. The van der Waals surface area contributed by atoms with Gasteiger partial charge in [-0.2, -0.15) is 11.8 Å². The lowest BCUT2D eigenvalue weighted by Crippen LogP contribution is -2.62. The number of primary amides is 1. The zero-order valence-electron chi connectivity index (χ0n) is 68.8. The summed E-state index contributed by atoms with van der Waals surface area (Å²) in [7, 11) is 0. The van der Waals surface area contributed by atoms with Crippen molar-refractivity contribution in [2.24, 2.45) is 35.0 Å². The third-order valence-electron chi connectivity index (χ3n) is 18.5. The second-order valence-corrected chi connectivity index (χ2v) is 31.3. The number of amides is 14. The molecule has 0 saturated carbocycles. The Morgan fingerprint density at radius 1 is 0.344 bits per heavy atom. The number of hydrogen-bond acceptors (Lipinski definition) is 25. The largest absolute Gasteiger partial charge is 0.508 e. The molecule has 0 aromatic heterocycles. The number of nitrogens with one attached hydrogen (secondary N) is 13. The van der Waals surface area contributed by atoms with Crippen molar-refractivity contribution < 1.29 is 127 Å². The van der Waals surface area contributed by atoms with Crippen molar-refractivity contribution in [3.8, 4) is 11.5 Å². The number of carbonyl (C=O) groups is 18. The summed E-state index contributed by atoms with van der Waals surface area (Å²) in [6.45, 7) is 8.02. The lowest BCUT2D eigenvalue weighted by Gasteiger charge is -2.28. The van der Waals surface area contributed by atoms with Crippen LogP contribution in [0.15, 0.2) is 78.9 Å². The standard InChI is InChI=1S/C79H116N16O26S/c1-40(2)29-48(81)66(107)86-54(33-44-16-20-46(98)21-17-44)73(114)88-52(30-41(3)4)69(110)84-50(26-28-122-7)68(109)94-60(38-96)78(119)93-58(36-64(103)104)75(116)92-59(37-65(105)106)76(117)95-61(39-97)77(118)91-57(35-62(82)100)74(115)90-56(34-45-18-22-47(99)23-19-45)71(112)83-49(24-25-63(101)102)67(108)87-53(31-42(5)6)70(111)89-55(32-43-13-9-8-10-14-43)72(113)85-51(79(120)121)15-11-12-27-80/h8-10,13-14,16-23,40-42,48-61,96-99H,11-12,15,24-39,80-81H2,1-7H3,(H2,82,100)(H,83,112)(H,84,110)(H,85,113)(H,86,107)(H,87,108)(H,88,114)(H,89,111)(H,90,115)(H,91,118)(H,92,116)(H,93,119)(H,94,109)(H,95,117)(H,101,102)(H,103,104)(H,105,106)(H,120,121). The Morgan fingerprint density at radius 2 is 0.648 bits per heavy atom. The number of aliphatic carboxylic acids is 4. The van der Waals surface area contributed by atoms with Gasteiger partial charge in [0.25, 0.3) is 0 Å². The van der Waals surface area contributed by atoms with Crippen LogP contribution in [0.3, 0.4) is 0 Å². The minimum absolute atomic E-state index is 0.00426. The molecule has 3 aromatic rings. The fourth-order valence-electron chi connectivity index (χ4n) is 12.1. The molecular formula is C79H116N16O26S. The van der Waals surface area contributed by atoms with Crippen molar-refractivity contribution in [3.63, 3.8) is 0 Å². The van der Waals surface area contributed by atoms with Crippen LogP contribution in [-0.2, 0) is 106 Å². The number of hydrogen-bond donors (Lipinski definition) is 24. The van der Waals surface area contributed by atoms with E-state index in [2.05, 4.69) is 53.2 Å². The van der Waals surface area contributed by atoms with Crippen LogP contribution >= 0.6 is 11.8 Å². The van der Waals surface area contributed by atoms with Crippen LogP contribution in [0.4, 0.5) is 0 Å². The van der Waals surface area contributed by atoms with Gasteiger partial charge in [-0.3, -0.25) is 81.5 Å². The van der Waals surface area contributed by atoms with E-state index in [0.29, 0.717) is 24.0 Å². The lowest BCUT2D eigenvalue weighted by molar-refractivity contribution is -0.144. The summed E-state index contributed by atoms with van der Waals surface area (Å²) in [6, 6.07) is -5.59. The number of phenolic OH excluding ortho intramolecular Hbond substituents is 2. The highest BCUT2D eigenvalue weighted by molar-refractivity contribution is 7.98. The quantitative estimate of drug-likeness (QED) is 0.0237. The maximum Gasteiger partial charge on any atom is 0.326 e. The fraction of sp³-hybridized carbons (Fsp3) is 0.544. The average Bonchev–Trinajstić information content (AvgIpc) is 0.846. The highest BCUT2D eigenvalue weighted by Gasteiger charge is 2.40. The number of aromatic hydroxyl groups is 2. The van der Waals surface area contributed by atoms with Crippen LogP contribution in [0.1, 0.15) is 135 Å². The zero-order chi connectivity index (χ0) is 91.6. The van der Waals surface area contributed by atoms with Crippen LogP contribution in [-0.4, -0.2) is 264 Å². The maximum absolute atomic E-state index is 14.6. The highest BCUT2D eigenvalue weighted by atomic mass is 32.2. The Hall–Kier alpha value is -12.1. The molecule has 122 heavy (non-hydrogen) atoms. The number of benzene rings is 3. The summed E-state index contributed by atoms with van der Waals surface area (Å²) >= 11 is 1.22. The van der Waals surface area contributed by atoms with Crippen molar-refractivity contribution in [1.29, 1.82) is 0 Å². The number of phenols is 2. The first-order valence-corrected chi connectivity index (χ1v) is 40.7. The summed E-state index contributed by atoms with van der Waals surface area (Å²) < 4.78 is 0. The molecule has 0 aliphatic heterocycles. The number of unbranched alkanes of at least 4 members (excludes halogenated alkanes) is 1. The smallest absolute Gasteiger partial charge is 0.326 e. The molecule has 43 heteroatoms. The van der Waals surface area contributed by atoms with E-state index in [1.807, 2.05) is 29.8 Å². The second-order valence-electron chi connectivity index (χ2n) is 30.3. The van der Waals surface area contributed by atoms with E-state index in [9.17, 15) is 127 Å². The van der Waals surface area contributed by atoms with E-state index in [-0.39, 0.29) is 86.1 Å². The van der Waals surface area contributed by atoms with Crippen molar-refractivity contribution in [2.75, 3.05) is 31.8 Å². The van der Waals surface area contributed by atoms with Crippen LogP contribution in [0.25, 0.3) is 0 Å². The van der Waals surface area contributed by atoms with Gasteiger partial charge in [0.1, 0.15) is 90.0 Å². The molecule has 14 unspecified atom stereocenters. The van der Waals surface area contributed by atoms with Crippen molar-refractivity contribution in [3.05, 3.63) is 95.6 Å². The first-order chi connectivity index (χ1) is 57.5. The van der Waals surface area contributed by atoms with Crippen LogP contribution < -0.4 is 86.3 Å². The van der Waals surface area contributed by atoms with E-state index in [1.165, 1.54) is 60.3 Å². The molecule has 14 amide bonds. The second kappa shape index (κ2) is 53.5. The van der Waals surface area contributed by atoms with Gasteiger partial charge < -0.3 is 127 Å². The molecule has 0 saturated heterocycles. The van der Waals surface area contributed by atoms with Gasteiger partial charge in [0.2, 0.25) is 82.7 Å². The summed E-state index contributed by atoms with van der Waals surface area (Å²) in [5.74, 6) is -24.2. The van der Waals surface area contributed by atoms with Gasteiger partial charge in [-0.1, -0.05) is 96.1 Å². The molecule has 0 fully saturated rings. The first-order valence-electron chi connectivity index (χ1n) is 39.4. The minimum Gasteiger partial charge on any atom is -0.508 e. The number of rotatable bonds is 57. The minimum atomic E-state index is -2.35. The molecular weight excluding hydrogens is 1620 g/mol. The zero-order valence-corrected chi connectivity index (χ0v) is 69.6. The molecule has 0 heterocycles.